The molecule has 0 heteroatoms. The molecule has 0 unspecified atom stereocenters. The van der Waals surface area contributed by atoms with Crippen LogP contribution in [0, 0.1) is 0 Å². The van der Waals surface area contributed by atoms with Gasteiger partial charge in [0.2, 0.25) is 0 Å². The summed E-state index contributed by atoms with van der Waals surface area (Å²) in [5, 5.41) is -13.9. The van der Waals surface area contributed by atoms with Crippen LogP contribution in [-0.2, 0) is 0 Å². The van der Waals surface area contributed by atoms with E-state index in [1.807, 2.05) is 0 Å². The monoisotopic (exact) mass is 1440 g/mol. The number of benzene rings is 22. The number of hydrogen-bond acceptors (Lipinski definition) is 0. The Kier molecular flexibility index (Phi) is 6.18. The first-order chi connectivity index (χ1) is 82.3. The molecule has 22 aromatic rings. The fourth-order valence-corrected chi connectivity index (χ4v) is 12.7. The predicted octanol–water partition coefficient (Wildman–Crippen LogP) is 30.6. The summed E-state index contributed by atoms with van der Waals surface area (Å²) in [5.41, 5.74) is -9.42. The van der Waals surface area contributed by atoms with Crippen LogP contribution >= 0.6 is 0 Å². The molecule has 0 aliphatic rings. The highest BCUT2D eigenvalue weighted by molar-refractivity contribution is 6.27. The van der Waals surface area contributed by atoms with E-state index in [0.29, 0.717) is 0 Å². The second kappa shape index (κ2) is 27.2. The maximum absolute atomic E-state index is 9.58. The minimum absolute atomic E-state index is 0.283. The van der Waals surface area contributed by atoms with E-state index < -0.39 is 619 Å². The van der Waals surface area contributed by atoms with E-state index in [-0.39, 0.29) is 5.39 Å². The molecule has 0 aliphatic carbocycles. The minimum atomic E-state index is -1.02. The molecular weight excluding hydrogens is 1300 g/mol. The second-order valence-corrected chi connectivity index (χ2v) is 23.1. The second-order valence-electron chi connectivity index (χ2n) is 23.1. The van der Waals surface area contributed by atoms with Crippen molar-refractivity contribution in [3.05, 3.63) is 423 Å². The van der Waals surface area contributed by atoms with Gasteiger partial charge < -0.3 is 0 Å². The molecule has 0 saturated heterocycles. The Balaban J connectivity index is 0.000000155. The molecule has 0 fully saturated rings. The van der Waals surface area contributed by atoms with Gasteiger partial charge in [-0.1, -0.05) is 405 Å². The minimum Gasteiger partial charge on any atom is -0.0622 e. The van der Waals surface area contributed by atoms with Gasteiger partial charge in [-0.3, -0.25) is 0 Å². The lowest BCUT2D eigenvalue weighted by atomic mass is 9.84. The summed E-state index contributed by atoms with van der Waals surface area (Å²) in [6.45, 7) is 0. The molecule has 0 aromatic heterocycles. The van der Waals surface area contributed by atoms with Crippen LogP contribution in [0.5, 0.6) is 0 Å². The van der Waals surface area contributed by atoms with Crippen molar-refractivity contribution in [2.75, 3.05) is 0 Å². The van der Waals surface area contributed by atoms with E-state index in [1.54, 1.807) is 0 Å². The van der Waals surface area contributed by atoms with Crippen LogP contribution in [0.25, 0.3) is 207 Å². The van der Waals surface area contributed by atoms with Gasteiger partial charge in [0.05, 0.1) is 94.6 Å². The summed E-state index contributed by atoms with van der Waals surface area (Å²) in [4.78, 5) is 0. The molecule has 0 atom stereocenters. The van der Waals surface area contributed by atoms with Gasteiger partial charge in [-0.2, -0.15) is 0 Å². The largest absolute Gasteiger partial charge is 0.0636 e. The first kappa shape index (κ1) is 24.5. The molecule has 0 radical (unpaired) electrons. The molecule has 0 spiro atoms. The van der Waals surface area contributed by atoms with Crippen molar-refractivity contribution in [3.8, 4) is 77.9 Å². The molecule has 0 aliphatic heterocycles. The fraction of sp³-hybridized carbons (Fsp3) is 0. The molecule has 0 saturated carbocycles. The smallest absolute Gasteiger partial charge is 0.0622 e. The predicted molar refractivity (Wildman–Crippen MR) is 467 cm³/mol. The van der Waals surface area contributed by atoms with Crippen LogP contribution in [0.15, 0.2) is 423 Å². The molecule has 0 amide bonds. The lowest BCUT2D eigenvalue weighted by Crippen LogP contribution is -1.92. The van der Waals surface area contributed by atoms with Gasteiger partial charge in [0.25, 0.3) is 0 Å². The standard InChI is InChI=1S/C38H24.C36H24.C34H22/c1-2-11-27-23-29(20-17-25(27)9-1)37-33-13-5-7-15-35(33)38(36-16-8-6-14-34(36)37)30-21-22-32-28(24-30)19-18-26-10-3-4-12-31(26)32;1-2-10-25(11-3-1)27-18-21-28(22-19-27)35-31-14-6-8-16-33(31)36(34-17-9-7-15-32(34)35)30-23-20-26-12-4-5-13-29(26)24-30;1-3-15-25-23(11-1)13-9-21-27(25)33-29-17-5-7-19-31(29)34(32-20-8-6-18-30(32)33)28-22-10-14-24-12-2-4-16-26(24)28/h1-24H;1-24H;1-22H/i2*1D,2D,3D,4D,5D,6D,7D,8D,9D,10D,11D,12D,13D,14D,15D,16D,17D,18D,19D,20D,21D,22D,23D,24D;1D,2D,3D,4D,5D,6D,7D,8D,9D,10D,11D,13D,14D,15D,16D,17D,18D,19D,20D,21D,22D. The van der Waals surface area contributed by atoms with Crippen molar-refractivity contribution < 1.29 is 94.6 Å². The summed E-state index contributed by atoms with van der Waals surface area (Å²) in [7, 11) is 0. The molecule has 0 nitrogen and oxygen atoms in total. The van der Waals surface area contributed by atoms with Gasteiger partial charge in [0.1, 0.15) is 0 Å². The molecular formula is C108H70. The fourth-order valence-electron chi connectivity index (χ4n) is 12.7. The van der Waals surface area contributed by atoms with Crippen LogP contribution in [0.4, 0.5) is 0 Å². The summed E-state index contributed by atoms with van der Waals surface area (Å²) in [6, 6.07) is -58.5. The van der Waals surface area contributed by atoms with E-state index in [1.165, 1.54) is 0 Å². The Hall–Kier alpha value is -14.0. The third kappa shape index (κ3) is 11.2. The molecule has 0 heterocycles. The van der Waals surface area contributed by atoms with E-state index in [2.05, 4.69) is 0 Å². The summed E-state index contributed by atoms with van der Waals surface area (Å²) >= 11 is 0. The number of fused-ring (bicyclic) bond motifs is 13. The normalized spacial score (nSPS) is 20.5. The van der Waals surface area contributed by atoms with Crippen molar-refractivity contribution in [3.63, 3.8) is 0 Å². The van der Waals surface area contributed by atoms with Crippen molar-refractivity contribution in [2.24, 2.45) is 0 Å². The maximum atomic E-state index is 9.58. The Bertz CT molecular complexity index is 11400. The maximum Gasteiger partial charge on any atom is 0.0636 e. The quantitative estimate of drug-likeness (QED) is 0.110. The molecule has 502 valence electrons. The Morgan fingerprint density at radius 1 is 0.120 bits per heavy atom. The van der Waals surface area contributed by atoms with Crippen molar-refractivity contribution in [1.82, 2.24) is 0 Å². The van der Waals surface area contributed by atoms with Crippen LogP contribution in [0.3, 0.4) is 0 Å². The van der Waals surface area contributed by atoms with Gasteiger partial charge in [-0.15, -0.1) is 0 Å². The van der Waals surface area contributed by atoms with Crippen LogP contribution in [0.1, 0.15) is 94.6 Å². The number of hydrogen-bond donors (Lipinski definition) is 0. The average Bonchev–Trinajstić information content (AvgIpc) is 0.674. The SMILES string of the molecule is [2H]c1c([2H])c([2H])c(-c2c([2H])c([2H])c(-c3c4c([2H])c([2H])c([2H])c([2H])c4c(-c4c([2H])c([2H])c5c([2H])c([2H])c([2H])c([2H])c5c4[2H])c4c([2H])c([2H])c([2H])c([2H])c34)c([2H])c2[2H])c([2H])c1[2H].[2H]c1c([2H])c([2H])c2c([2H])c(-c3c4c([2H])c([2H])c([2H])c([2H])c4c(-c4c([2H])c([2H])c5c(c4[2H])c([2H])c([2H])c4c([2H])c([2H])c([2H])c([2H])c45)c4c([2H])c([2H])c([2H])c([2H])c34)c([2H])c([2H])c2c1[2H].[2H]c1cc2c([2H])c([2H])c([2H])c(-c3c4c([2H])c([2H])c([2H])c([2H])c4c(-c4c([2H])c([2H])c([2H])c5c([2H])c([2H])c([2H])c([2H])c45)c4c([2H])c([2H])c([2H])c([2H])c34)c2c([2H])c1[2H]. The van der Waals surface area contributed by atoms with Crippen LogP contribution in [-0.4, -0.2) is 0 Å². The van der Waals surface area contributed by atoms with Gasteiger partial charge >= 0.3 is 0 Å². The highest BCUT2D eigenvalue weighted by Crippen LogP contribution is 2.50. The molecule has 22 aromatic carbocycles. The zero-order valence-electron chi connectivity index (χ0n) is 123. The first-order valence-corrected chi connectivity index (χ1v) is 31.8. The average molecular weight is 1440 g/mol. The van der Waals surface area contributed by atoms with Gasteiger partial charge in [-0.05, 0) is 225 Å². The Labute approximate surface area is 724 Å². The zero-order valence-corrected chi connectivity index (χ0v) is 54.1. The van der Waals surface area contributed by atoms with Gasteiger partial charge in [0, 0.05) is 0 Å². The lowest BCUT2D eigenvalue weighted by molar-refractivity contribution is 1.61. The first-order valence-electron chi connectivity index (χ1n) is 66.3. The van der Waals surface area contributed by atoms with E-state index in [9.17, 15) is 27.4 Å². The lowest BCUT2D eigenvalue weighted by Gasteiger charge is -2.19. The van der Waals surface area contributed by atoms with E-state index in [0.717, 1.165) is 6.07 Å². The van der Waals surface area contributed by atoms with E-state index in [4.69, 9.17) is 67.2 Å². The molecule has 0 N–H and O–H groups in total. The van der Waals surface area contributed by atoms with Crippen molar-refractivity contribution >= 4 is 129 Å². The zero-order chi connectivity index (χ0) is 131. The van der Waals surface area contributed by atoms with Crippen molar-refractivity contribution in [2.45, 2.75) is 0 Å². The molecule has 108 heavy (non-hydrogen) atoms. The third-order valence-corrected chi connectivity index (χ3v) is 17.3. The highest BCUT2D eigenvalue weighted by atomic mass is 14.3. The topological polar surface area (TPSA) is 0 Å². The number of rotatable bonds is 7. The summed E-state index contributed by atoms with van der Waals surface area (Å²) < 4.78 is 607. The molecule has 0 bridgehead atoms. The Morgan fingerprint density at radius 3 is 0.815 bits per heavy atom. The third-order valence-electron chi connectivity index (χ3n) is 17.3. The van der Waals surface area contributed by atoms with Crippen molar-refractivity contribution in [1.29, 1.82) is 0 Å². The van der Waals surface area contributed by atoms with Crippen LogP contribution in [0.2, 0.25) is 0 Å². The highest BCUT2D eigenvalue weighted by Gasteiger charge is 2.22. The molecule has 22 rings (SSSR count). The van der Waals surface area contributed by atoms with Gasteiger partial charge in [0.15, 0.2) is 0 Å². The van der Waals surface area contributed by atoms with Gasteiger partial charge in [-0.25, -0.2) is 0 Å². The van der Waals surface area contributed by atoms with Crippen LogP contribution < -0.4 is 0 Å². The Morgan fingerprint density at radius 2 is 0.370 bits per heavy atom. The summed E-state index contributed by atoms with van der Waals surface area (Å²) in [6.07, 6.45) is 0. The van der Waals surface area contributed by atoms with E-state index >= 15 is 0 Å². The summed E-state index contributed by atoms with van der Waals surface area (Å²) in [5.74, 6) is 0.